The minimum Gasteiger partial charge on any atom is -0.462 e. The minimum atomic E-state index is -0.457. The molecule has 1 aliphatic heterocycles. The Morgan fingerprint density at radius 3 is 2.81 bits per heavy atom. The maximum Gasteiger partial charge on any atom is 0.350 e. The first-order valence-corrected chi connectivity index (χ1v) is 13.2. The number of thiazole rings is 1. The van der Waals surface area contributed by atoms with Gasteiger partial charge in [-0.25, -0.2) is 9.78 Å². The van der Waals surface area contributed by atoms with Crippen LogP contribution < -0.4 is 4.90 Å². The number of hydrogen-bond donors (Lipinski definition) is 1. The third-order valence-electron chi connectivity index (χ3n) is 6.18. The molecule has 0 radical (unpaired) electrons. The average Bonchev–Trinajstić information content (AvgIpc) is 3.47. The van der Waals surface area contributed by atoms with E-state index in [2.05, 4.69) is 19.9 Å². The fourth-order valence-corrected chi connectivity index (χ4v) is 5.59. The van der Waals surface area contributed by atoms with E-state index in [4.69, 9.17) is 26.1 Å². The van der Waals surface area contributed by atoms with Crippen LogP contribution in [0.5, 0.6) is 0 Å². The summed E-state index contributed by atoms with van der Waals surface area (Å²) in [6.45, 7) is 7.24. The van der Waals surface area contributed by atoms with Crippen LogP contribution in [0.3, 0.4) is 0 Å². The lowest BCUT2D eigenvalue weighted by Crippen LogP contribution is -2.46. The SMILES string of the molecule is CCOC(=O)c1sc(N2CC[C@@H](CC(=O)c3[nH]c(C)c(Cl)c3C#N)[C@@H](OCC)C2)nc1-c1cnccn1. The number of ketones is 1. The Labute approximate surface area is 223 Å². The lowest BCUT2D eigenvalue weighted by Gasteiger charge is -2.38. The molecule has 3 aromatic heterocycles. The molecular formula is C25H27ClN6O4S. The van der Waals surface area contributed by atoms with E-state index in [-0.39, 0.29) is 47.1 Å². The molecule has 4 heterocycles. The summed E-state index contributed by atoms with van der Waals surface area (Å²) in [7, 11) is 0. The molecule has 0 amide bonds. The first kappa shape index (κ1) is 26.7. The number of piperidine rings is 1. The highest BCUT2D eigenvalue weighted by atomic mass is 35.5. The number of carbonyl (C=O) groups excluding carboxylic acids is 2. The maximum absolute atomic E-state index is 13.1. The Kier molecular flexibility index (Phi) is 8.53. The van der Waals surface area contributed by atoms with Crippen LogP contribution in [0.4, 0.5) is 5.13 Å². The number of nitrogens with one attached hydrogen (secondary N) is 1. The summed E-state index contributed by atoms with van der Waals surface area (Å²) in [6.07, 6.45) is 5.32. The lowest BCUT2D eigenvalue weighted by atomic mass is 9.88. The van der Waals surface area contributed by atoms with Gasteiger partial charge in [0.15, 0.2) is 10.9 Å². The van der Waals surface area contributed by atoms with Crippen LogP contribution in [0.15, 0.2) is 18.6 Å². The Hall–Kier alpha value is -3.33. The number of aryl methyl sites for hydroxylation is 1. The number of carbonyl (C=O) groups is 2. The Morgan fingerprint density at radius 1 is 1.32 bits per heavy atom. The molecule has 10 nitrogen and oxygen atoms in total. The summed E-state index contributed by atoms with van der Waals surface area (Å²) in [5.41, 5.74) is 1.94. The van der Waals surface area contributed by atoms with Crippen LogP contribution >= 0.6 is 22.9 Å². The van der Waals surface area contributed by atoms with Gasteiger partial charge in [0.25, 0.3) is 0 Å². The number of anilines is 1. The molecule has 194 valence electrons. The maximum atomic E-state index is 13.1. The molecule has 1 fully saturated rings. The second kappa shape index (κ2) is 11.8. The molecule has 37 heavy (non-hydrogen) atoms. The topological polar surface area (TPSA) is 134 Å². The minimum absolute atomic E-state index is 0.0541. The molecule has 4 rings (SSSR count). The second-order valence-corrected chi connectivity index (χ2v) is 9.88. The van der Waals surface area contributed by atoms with Crippen molar-refractivity contribution in [1.29, 1.82) is 5.26 Å². The molecule has 0 unspecified atom stereocenters. The molecule has 2 atom stereocenters. The summed E-state index contributed by atoms with van der Waals surface area (Å²) in [5.74, 6) is -0.679. The van der Waals surface area contributed by atoms with Crippen LogP contribution in [-0.4, -0.2) is 64.1 Å². The van der Waals surface area contributed by atoms with E-state index in [0.717, 1.165) is 0 Å². The molecule has 0 bridgehead atoms. The van der Waals surface area contributed by atoms with Gasteiger partial charge >= 0.3 is 5.97 Å². The first-order valence-electron chi connectivity index (χ1n) is 12.0. The van der Waals surface area contributed by atoms with Crippen LogP contribution in [-0.2, 0) is 9.47 Å². The standard InChI is InChI=1S/C25H27ClN6O4S/c1-4-35-19-13-32(9-6-15(19)10-18(33)21-16(11-27)20(26)14(3)30-21)25-31-22(17-12-28-7-8-29-17)23(37-25)24(34)36-5-2/h7-8,12,15,19,30H,4-6,9-10,13H2,1-3H3/t15-,19-/m0/s1. The largest absolute Gasteiger partial charge is 0.462 e. The van der Waals surface area contributed by atoms with Crippen LogP contribution in [0.25, 0.3) is 11.4 Å². The van der Waals surface area contributed by atoms with Gasteiger partial charge in [-0.3, -0.25) is 14.8 Å². The van der Waals surface area contributed by atoms with Crippen molar-refractivity contribution in [2.75, 3.05) is 31.2 Å². The zero-order chi connectivity index (χ0) is 26.5. The number of halogens is 1. The highest BCUT2D eigenvalue weighted by molar-refractivity contribution is 7.17. The molecule has 0 spiro atoms. The fraction of sp³-hybridized carbons (Fsp3) is 0.440. The summed E-state index contributed by atoms with van der Waals surface area (Å²) < 4.78 is 11.3. The third-order valence-corrected chi connectivity index (χ3v) is 7.75. The Balaban J connectivity index is 1.56. The fourth-order valence-electron chi connectivity index (χ4n) is 4.41. The number of nitriles is 1. The zero-order valence-electron chi connectivity index (χ0n) is 20.8. The molecule has 0 saturated carbocycles. The number of hydrogen-bond acceptors (Lipinski definition) is 10. The highest BCUT2D eigenvalue weighted by Gasteiger charge is 2.35. The van der Waals surface area contributed by atoms with Crippen molar-refractivity contribution < 1.29 is 19.1 Å². The van der Waals surface area contributed by atoms with Gasteiger partial charge in [-0.05, 0) is 33.1 Å². The van der Waals surface area contributed by atoms with E-state index >= 15 is 0 Å². The highest BCUT2D eigenvalue weighted by Crippen LogP contribution is 2.36. The lowest BCUT2D eigenvalue weighted by molar-refractivity contribution is 0.0103. The van der Waals surface area contributed by atoms with Gasteiger partial charge in [0.05, 0.1) is 29.5 Å². The number of H-pyrrole nitrogens is 1. The molecule has 12 heteroatoms. The van der Waals surface area contributed by atoms with Crippen LogP contribution in [0.2, 0.25) is 5.02 Å². The van der Waals surface area contributed by atoms with E-state index in [1.807, 2.05) is 13.0 Å². The van der Waals surface area contributed by atoms with Crippen molar-refractivity contribution in [3.63, 3.8) is 0 Å². The van der Waals surface area contributed by atoms with Gasteiger partial charge in [0.2, 0.25) is 0 Å². The van der Waals surface area contributed by atoms with Gasteiger partial charge in [0, 0.05) is 44.2 Å². The second-order valence-electron chi connectivity index (χ2n) is 8.53. The van der Waals surface area contributed by atoms with Gasteiger partial charge in [-0.2, -0.15) is 5.26 Å². The van der Waals surface area contributed by atoms with Crippen molar-refractivity contribution in [3.05, 3.63) is 45.4 Å². The van der Waals surface area contributed by atoms with E-state index in [0.29, 0.717) is 53.2 Å². The van der Waals surface area contributed by atoms with Gasteiger partial charge < -0.3 is 19.4 Å². The van der Waals surface area contributed by atoms with Crippen molar-refractivity contribution in [2.45, 2.75) is 39.7 Å². The van der Waals surface area contributed by atoms with Gasteiger partial charge in [-0.15, -0.1) is 0 Å². The Morgan fingerprint density at radius 2 is 2.14 bits per heavy atom. The normalized spacial score (nSPS) is 17.4. The molecule has 1 aliphatic rings. The smallest absolute Gasteiger partial charge is 0.350 e. The average molecular weight is 543 g/mol. The number of aromatic amines is 1. The van der Waals surface area contributed by atoms with Crippen molar-refractivity contribution >= 4 is 39.8 Å². The van der Waals surface area contributed by atoms with E-state index in [1.54, 1.807) is 32.4 Å². The quantitative estimate of drug-likeness (QED) is 0.307. The molecular weight excluding hydrogens is 516 g/mol. The van der Waals surface area contributed by atoms with Crippen molar-refractivity contribution in [1.82, 2.24) is 19.9 Å². The monoisotopic (exact) mass is 542 g/mol. The molecule has 0 aliphatic carbocycles. The summed E-state index contributed by atoms with van der Waals surface area (Å²) in [4.78, 5) is 44.3. The number of esters is 1. The van der Waals surface area contributed by atoms with Crippen LogP contribution in [0.1, 0.15) is 58.1 Å². The summed E-state index contributed by atoms with van der Waals surface area (Å²) in [6, 6.07) is 2.03. The van der Waals surface area contributed by atoms with Gasteiger partial charge in [-0.1, -0.05) is 22.9 Å². The zero-order valence-corrected chi connectivity index (χ0v) is 22.4. The molecule has 1 saturated heterocycles. The summed E-state index contributed by atoms with van der Waals surface area (Å²) >= 11 is 7.43. The Bertz CT molecular complexity index is 1320. The van der Waals surface area contributed by atoms with E-state index < -0.39 is 5.97 Å². The number of rotatable bonds is 9. The van der Waals surface area contributed by atoms with Crippen molar-refractivity contribution in [3.8, 4) is 17.5 Å². The number of Topliss-reactive ketones (excluding diaryl/α,β-unsaturated/α-hetero) is 1. The summed E-state index contributed by atoms with van der Waals surface area (Å²) in [5, 5.41) is 10.4. The number of ether oxygens (including phenoxy) is 2. The number of nitrogens with zero attached hydrogens (tertiary/aromatic N) is 5. The predicted octanol–water partition coefficient (Wildman–Crippen LogP) is 4.44. The van der Waals surface area contributed by atoms with E-state index in [9.17, 15) is 14.9 Å². The molecule has 3 aromatic rings. The molecule has 1 N–H and O–H groups in total. The first-order chi connectivity index (χ1) is 17.9. The number of aromatic nitrogens is 4. The van der Waals surface area contributed by atoms with Gasteiger partial charge in [0.1, 0.15) is 28.0 Å². The molecule has 0 aromatic carbocycles. The van der Waals surface area contributed by atoms with E-state index in [1.165, 1.54) is 11.3 Å². The van der Waals surface area contributed by atoms with Crippen molar-refractivity contribution in [2.24, 2.45) is 5.92 Å². The third kappa shape index (κ3) is 5.66. The predicted molar refractivity (Wildman–Crippen MR) is 139 cm³/mol. The van der Waals surface area contributed by atoms with Crippen LogP contribution in [0, 0.1) is 24.2 Å².